The van der Waals surface area contributed by atoms with E-state index >= 15 is 0 Å². The zero-order chi connectivity index (χ0) is 11.1. The van der Waals surface area contributed by atoms with Crippen molar-refractivity contribution in [3.8, 4) is 0 Å². The van der Waals surface area contributed by atoms with Crippen molar-refractivity contribution in [2.45, 2.75) is 32.2 Å². The van der Waals surface area contributed by atoms with Crippen LogP contribution in [0.4, 0.5) is 0 Å². The fourth-order valence-corrected chi connectivity index (χ4v) is 1.59. The normalized spacial score (nSPS) is 10.2. The summed E-state index contributed by atoms with van der Waals surface area (Å²) < 4.78 is 0. The third kappa shape index (κ3) is 4.13. The molecule has 0 saturated heterocycles. The number of rotatable bonds is 6. The molecule has 15 heavy (non-hydrogen) atoms. The lowest BCUT2D eigenvalue weighted by atomic mass is 10.0. The highest BCUT2D eigenvalue weighted by molar-refractivity contribution is 5.66. The quantitative estimate of drug-likeness (QED) is 0.701. The fraction of sp³-hybridized carbons (Fsp3) is 0.417. The van der Waals surface area contributed by atoms with Crippen LogP contribution < -0.4 is 5.73 Å². The first-order valence-corrected chi connectivity index (χ1v) is 5.22. The van der Waals surface area contributed by atoms with Gasteiger partial charge in [-0.05, 0) is 30.4 Å². The van der Waals surface area contributed by atoms with E-state index in [-0.39, 0.29) is 6.42 Å². The van der Waals surface area contributed by atoms with Crippen LogP contribution in [0.25, 0.3) is 0 Å². The van der Waals surface area contributed by atoms with Crippen LogP contribution in [0.15, 0.2) is 24.3 Å². The Morgan fingerprint density at radius 2 is 1.87 bits per heavy atom. The van der Waals surface area contributed by atoms with Gasteiger partial charge in [0.25, 0.3) is 0 Å². The Labute approximate surface area is 89.9 Å². The molecule has 0 heterocycles. The summed E-state index contributed by atoms with van der Waals surface area (Å²) in [4.78, 5) is 10.3. The molecule has 0 atom stereocenters. The lowest BCUT2D eigenvalue weighted by molar-refractivity contribution is -0.137. The van der Waals surface area contributed by atoms with Crippen molar-refractivity contribution in [2.24, 2.45) is 5.73 Å². The second-order valence-electron chi connectivity index (χ2n) is 3.57. The van der Waals surface area contributed by atoms with Crippen LogP contribution in [-0.2, 0) is 17.8 Å². The Balaban J connectivity index is 2.39. The molecule has 0 unspecified atom stereocenters. The van der Waals surface area contributed by atoms with Gasteiger partial charge >= 0.3 is 5.97 Å². The van der Waals surface area contributed by atoms with E-state index in [9.17, 15) is 4.79 Å². The van der Waals surface area contributed by atoms with E-state index in [0.29, 0.717) is 6.54 Å². The first kappa shape index (κ1) is 11.7. The molecule has 3 N–H and O–H groups in total. The summed E-state index contributed by atoms with van der Waals surface area (Å²) in [6, 6.07) is 8.05. The number of benzene rings is 1. The van der Waals surface area contributed by atoms with E-state index in [2.05, 4.69) is 6.07 Å². The Kier molecular flexibility index (Phi) is 4.84. The first-order valence-electron chi connectivity index (χ1n) is 5.22. The van der Waals surface area contributed by atoms with Crippen molar-refractivity contribution in [3.05, 3.63) is 35.4 Å². The van der Waals surface area contributed by atoms with Crippen molar-refractivity contribution >= 4 is 5.97 Å². The molecule has 0 amide bonds. The minimum absolute atomic E-state index is 0.255. The summed E-state index contributed by atoms with van der Waals surface area (Å²) in [5.41, 5.74) is 8.01. The van der Waals surface area contributed by atoms with Gasteiger partial charge in [-0.15, -0.1) is 0 Å². The standard InChI is InChI=1S/C12H17NO2/c13-9-11-7-2-1-5-10(11)6-3-4-8-12(14)15/h1-2,5,7H,3-4,6,8-9,13H2,(H,14,15). The topological polar surface area (TPSA) is 63.3 Å². The molecular weight excluding hydrogens is 190 g/mol. The summed E-state index contributed by atoms with van der Waals surface area (Å²) in [7, 11) is 0. The third-order valence-corrected chi connectivity index (χ3v) is 2.43. The maximum atomic E-state index is 10.3. The monoisotopic (exact) mass is 207 g/mol. The Morgan fingerprint density at radius 3 is 2.47 bits per heavy atom. The van der Waals surface area contributed by atoms with Gasteiger partial charge in [-0.25, -0.2) is 0 Å². The minimum Gasteiger partial charge on any atom is -0.481 e. The highest BCUT2D eigenvalue weighted by atomic mass is 16.4. The van der Waals surface area contributed by atoms with Crippen LogP contribution in [0.2, 0.25) is 0 Å². The minimum atomic E-state index is -0.720. The van der Waals surface area contributed by atoms with E-state index in [1.54, 1.807) is 0 Å². The SMILES string of the molecule is NCc1ccccc1CCCCC(=O)O. The summed E-state index contributed by atoms with van der Waals surface area (Å²) in [5.74, 6) is -0.720. The molecule has 0 saturated carbocycles. The molecule has 0 bridgehead atoms. The number of aryl methyl sites for hydroxylation is 1. The van der Waals surface area contributed by atoms with Crippen LogP contribution in [0.1, 0.15) is 30.4 Å². The maximum absolute atomic E-state index is 10.3. The summed E-state index contributed by atoms with van der Waals surface area (Å²) in [5, 5.41) is 8.49. The number of nitrogens with two attached hydrogens (primary N) is 1. The highest BCUT2D eigenvalue weighted by Crippen LogP contribution is 2.12. The number of carboxylic acids is 1. The van der Waals surface area contributed by atoms with Gasteiger partial charge in [0, 0.05) is 13.0 Å². The summed E-state index contributed by atoms with van der Waals surface area (Å²) >= 11 is 0. The van der Waals surface area contributed by atoms with Gasteiger partial charge in [0.15, 0.2) is 0 Å². The van der Waals surface area contributed by atoms with E-state index in [4.69, 9.17) is 10.8 Å². The highest BCUT2D eigenvalue weighted by Gasteiger charge is 2.01. The average molecular weight is 207 g/mol. The van der Waals surface area contributed by atoms with Gasteiger partial charge < -0.3 is 10.8 Å². The molecule has 0 aliphatic carbocycles. The van der Waals surface area contributed by atoms with E-state index in [1.165, 1.54) is 5.56 Å². The number of hydrogen-bond acceptors (Lipinski definition) is 2. The number of hydrogen-bond donors (Lipinski definition) is 2. The third-order valence-electron chi connectivity index (χ3n) is 2.43. The molecule has 0 fully saturated rings. The molecule has 3 nitrogen and oxygen atoms in total. The van der Waals surface area contributed by atoms with Gasteiger partial charge in [-0.2, -0.15) is 0 Å². The van der Waals surface area contributed by atoms with E-state index in [1.807, 2.05) is 18.2 Å². The van der Waals surface area contributed by atoms with Crippen LogP contribution >= 0.6 is 0 Å². The number of carbonyl (C=O) groups is 1. The van der Waals surface area contributed by atoms with Gasteiger partial charge in [-0.1, -0.05) is 24.3 Å². The summed E-state index contributed by atoms with van der Waals surface area (Å²) in [6.45, 7) is 0.551. The van der Waals surface area contributed by atoms with Crippen LogP contribution in [0.3, 0.4) is 0 Å². The molecule has 1 aromatic rings. The lowest BCUT2D eigenvalue weighted by Gasteiger charge is -2.06. The van der Waals surface area contributed by atoms with Crippen LogP contribution in [0.5, 0.6) is 0 Å². The molecule has 82 valence electrons. The second-order valence-corrected chi connectivity index (χ2v) is 3.57. The zero-order valence-corrected chi connectivity index (χ0v) is 8.78. The van der Waals surface area contributed by atoms with Gasteiger partial charge in [0.2, 0.25) is 0 Å². The molecule has 3 heteroatoms. The molecule has 1 aromatic carbocycles. The average Bonchev–Trinajstić information content (AvgIpc) is 2.24. The van der Waals surface area contributed by atoms with Crippen molar-refractivity contribution in [3.63, 3.8) is 0 Å². The number of carboxylic acid groups (broad SMARTS) is 1. The zero-order valence-electron chi connectivity index (χ0n) is 8.78. The van der Waals surface area contributed by atoms with Crippen molar-refractivity contribution in [1.82, 2.24) is 0 Å². The van der Waals surface area contributed by atoms with Crippen molar-refractivity contribution in [2.75, 3.05) is 0 Å². The van der Waals surface area contributed by atoms with Crippen molar-refractivity contribution in [1.29, 1.82) is 0 Å². The van der Waals surface area contributed by atoms with E-state index < -0.39 is 5.97 Å². The fourth-order valence-electron chi connectivity index (χ4n) is 1.59. The molecular formula is C12H17NO2. The molecule has 0 aromatic heterocycles. The van der Waals surface area contributed by atoms with Gasteiger partial charge in [0.05, 0.1) is 0 Å². The smallest absolute Gasteiger partial charge is 0.303 e. The molecule has 0 aliphatic heterocycles. The summed E-state index contributed by atoms with van der Waals surface area (Å²) in [6.07, 6.45) is 2.81. The number of aliphatic carboxylic acids is 1. The first-order chi connectivity index (χ1) is 7.24. The Morgan fingerprint density at radius 1 is 1.20 bits per heavy atom. The molecule has 1 rings (SSSR count). The van der Waals surface area contributed by atoms with Crippen LogP contribution in [-0.4, -0.2) is 11.1 Å². The molecule has 0 spiro atoms. The predicted molar refractivity (Wildman–Crippen MR) is 59.5 cm³/mol. The maximum Gasteiger partial charge on any atom is 0.303 e. The Hall–Kier alpha value is -1.35. The van der Waals surface area contributed by atoms with Crippen molar-refractivity contribution < 1.29 is 9.90 Å². The predicted octanol–water partition coefficient (Wildman–Crippen LogP) is 1.94. The molecule has 0 radical (unpaired) electrons. The van der Waals surface area contributed by atoms with E-state index in [0.717, 1.165) is 24.8 Å². The largest absolute Gasteiger partial charge is 0.481 e. The Bertz CT molecular complexity index is 323. The van der Waals surface area contributed by atoms with Crippen LogP contribution in [0, 0.1) is 0 Å². The number of unbranched alkanes of at least 4 members (excludes halogenated alkanes) is 1. The van der Waals surface area contributed by atoms with Gasteiger partial charge in [0.1, 0.15) is 0 Å². The second kappa shape index (κ2) is 6.19. The van der Waals surface area contributed by atoms with Gasteiger partial charge in [-0.3, -0.25) is 4.79 Å². The lowest BCUT2D eigenvalue weighted by Crippen LogP contribution is -2.02. The molecule has 0 aliphatic rings.